The molecule has 1 atom stereocenters. The second kappa shape index (κ2) is 7.38. The number of carbonyl (C=O) groups excluding carboxylic acids is 2. The minimum atomic E-state index is -0.362. The summed E-state index contributed by atoms with van der Waals surface area (Å²) in [6, 6.07) is 3.21. The normalized spacial score (nSPS) is 17.1. The summed E-state index contributed by atoms with van der Waals surface area (Å²) in [5.74, 6) is -0.246. The van der Waals surface area contributed by atoms with Gasteiger partial charge < -0.3 is 14.5 Å². The monoisotopic (exact) mass is 335 g/mol. The smallest absolute Gasteiger partial charge is 0.293 e. The molecule has 122 valence electrons. The number of hydrogen-bond acceptors (Lipinski definition) is 6. The first-order valence-electron chi connectivity index (χ1n) is 7.38. The van der Waals surface area contributed by atoms with Crippen LogP contribution in [0.4, 0.5) is 5.13 Å². The van der Waals surface area contributed by atoms with E-state index in [9.17, 15) is 9.59 Å². The second-order valence-corrected chi connectivity index (χ2v) is 6.05. The fraction of sp³-hybridized carbons (Fsp3) is 0.400. The van der Waals surface area contributed by atoms with Gasteiger partial charge in [-0.25, -0.2) is 4.98 Å². The van der Waals surface area contributed by atoms with Gasteiger partial charge in [-0.1, -0.05) is 0 Å². The minimum Gasteiger partial charge on any atom is -0.459 e. The summed E-state index contributed by atoms with van der Waals surface area (Å²) in [6.07, 6.45) is 3.77. The van der Waals surface area contributed by atoms with Crippen LogP contribution in [0.1, 0.15) is 29.1 Å². The number of thiazole rings is 1. The summed E-state index contributed by atoms with van der Waals surface area (Å²) in [7, 11) is 0. The molecule has 3 rings (SSSR count). The van der Waals surface area contributed by atoms with Gasteiger partial charge in [-0.15, -0.1) is 11.3 Å². The Labute approximate surface area is 137 Å². The topological polar surface area (TPSA) is 93.5 Å². The van der Waals surface area contributed by atoms with Crippen molar-refractivity contribution in [3.63, 3.8) is 0 Å². The van der Waals surface area contributed by atoms with Crippen LogP contribution in [0, 0.1) is 0 Å². The van der Waals surface area contributed by atoms with E-state index in [0.717, 1.165) is 19.4 Å². The number of nitrogens with zero attached hydrogens (tertiary/aromatic N) is 1. The van der Waals surface area contributed by atoms with Crippen molar-refractivity contribution in [2.24, 2.45) is 0 Å². The second-order valence-electron chi connectivity index (χ2n) is 5.19. The van der Waals surface area contributed by atoms with E-state index in [1.54, 1.807) is 17.5 Å². The van der Waals surface area contributed by atoms with Gasteiger partial charge in [-0.2, -0.15) is 0 Å². The zero-order valence-electron chi connectivity index (χ0n) is 12.4. The van der Waals surface area contributed by atoms with Gasteiger partial charge in [0.05, 0.1) is 24.5 Å². The van der Waals surface area contributed by atoms with Gasteiger partial charge in [0.15, 0.2) is 10.9 Å². The van der Waals surface area contributed by atoms with Gasteiger partial charge in [-0.3, -0.25) is 14.9 Å². The zero-order valence-corrected chi connectivity index (χ0v) is 13.2. The first-order valence-corrected chi connectivity index (χ1v) is 8.26. The molecule has 0 spiro atoms. The third-order valence-corrected chi connectivity index (χ3v) is 4.22. The number of hydrogen-bond donors (Lipinski definition) is 2. The van der Waals surface area contributed by atoms with Gasteiger partial charge in [0.2, 0.25) is 5.91 Å². The molecular weight excluding hydrogens is 318 g/mol. The first-order chi connectivity index (χ1) is 11.2. The molecule has 0 aliphatic carbocycles. The molecule has 2 aromatic rings. The van der Waals surface area contributed by atoms with Gasteiger partial charge in [0.1, 0.15) is 0 Å². The van der Waals surface area contributed by atoms with E-state index in [0.29, 0.717) is 17.4 Å². The Kier molecular flexibility index (Phi) is 5.04. The third kappa shape index (κ3) is 4.40. The number of aromatic nitrogens is 1. The summed E-state index contributed by atoms with van der Waals surface area (Å²) in [6.45, 7) is 1.30. The molecular formula is C15H17N3O4S. The summed E-state index contributed by atoms with van der Waals surface area (Å²) >= 11 is 1.27. The van der Waals surface area contributed by atoms with Crippen molar-refractivity contribution in [3.8, 4) is 0 Å². The fourth-order valence-corrected chi connectivity index (χ4v) is 2.98. The lowest BCUT2D eigenvalue weighted by molar-refractivity contribution is -0.121. The summed E-state index contributed by atoms with van der Waals surface area (Å²) in [5, 5.41) is 7.67. The summed E-state index contributed by atoms with van der Waals surface area (Å²) in [5.41, 5.74) is 0.620. The van der Waals surface area contributed by atoms with Gasteiger partial charge in [0.25, 0.3) is 5.91 Å². The molecule has 1 fully saturated rings. The molecule has 0 radical (unpaired) electrons. The van der Waals surface area contributed by atoms with Crippen molar-refractivity contribution >= 4 is 28.3 Å². The maximum atomic E-state index is 11.9. The highest BCUT2D eigenvalue weighted by Crippen LogP contribution is 2.17. The minimum absolute atomic E-state index is 0.102. The maximum Gasteiger partial charge on any atom is 0.293 e. The van der Waals surface area contributed by atoms with E-state index in [1.165, 1.54) is 17.6 Å². The molecule has 8 heteroatoms. The van der Waals surface area contributed by atoms with Crippen molar-refractivity contribution in [1.82, 2.24) is 10.3 Å². The Balaban J connectivity index is 1.46. The van der Waals surface area contributed by atoms with E-state index in [2.05, 4.69) is 15.6 Å². The van der Waals surface area contributed by atoms with Crippen LogP contribution in [-0.4, -0.2) is 36.1 Å². The van der Waals surface area contributed by atoms with Gasteiger partial charge in [-0.05, 0) is 25.0 Å². The molecule has 2 amide bonds. The van der Waals surface area contributed by atoms with Crippen molar-refractivity contribution in [3.05, 3.63) is 35.2 Å². The van der Waals surface area contributed by atoms with Crippen LogP contribution in [0.5, 0.6) is 0 Å². The summed E-state index contributed by atoms with van der Waals surface area (Å²) < 4.78 is 10.5. The standard InChI is InChI=1S/C15H17N3O4S/c19-13(16-8-11-3-1-5-21-11)7-10-9-23-15(17-10)18-14(20)12-4-2-6-22-12/h2,4,6,9,11H,1,3,5,7-8H2,(H,16,19)(H,17,18,20). The highest BCUT2D eigenvalue weighted by atomic mass is 32.1. The number of ether oxygens (including phenoxy) is 1. The first kappa shape index (κ1) is 15.7. The highest BCUT2D eigenvalue weighted by molar-refractivity contribution is 7.14. The molecule has 2 aromatic heterocycles. The number of furan rings is 1. The average Bonchev–Trinajstić information content (AvgIpc) is 3.28. The molecule has 2 N–H and O–H groups in total. The lowest BCUT2D eigenvalue weighted by atomic mass is 10.2. The molecule has 1 aliphatic heterocycles. The maximum absolute atomic E-state index is 11.9. The van der Waals surface area contributed by atoms with E-state index < -0.39 is 0 Å². The lowest BCUT2D eigenvalue weighted by Gasteiger charge is -2.09. The van der Waals surface area contributed by atoms with Crippen molar-refractivity contribution in [1.29, 1.82) is 0 Å². The van der Waals surface area contributed by atoms with E-state index >= 15 is 0 Å². The van der Waals surface area contributed by atoms with Crippen LogP contribution in [-0.2, 0) is 16.0 Å². The Hall–Kier alpha value is -2.19. The number of anilines is 1. The van der Waals surface area contributed by atoms with Gasteiger partial charge in [0, 0.05) is 18.5 Å². The molecule has 0 aromatic carbocycles. The van der Waals surface area contributed by atoms with E-state index in [1.807, 2.05) is 0 Å². The third-order valence-electron chi connectivity index (χ3n) is 3.41. The number of rotatable bonds is 6. The van der Waals surface area contributed by atoms with Crippen LogP contribution in [0.2, 0.25) is 0 Å². The molecule has 7 nitrogen and oxygen atoms in total. The molecule has 23 heavy (non-hydrogen) atoms. The predicted molar refractivity (Wildman–Crippen MR) is 84.5 cm³/mol. The van der Waals surface area contributed by atoms with Crippen LogP contribution in [0.25, 0.3) is 0 Å². The molecule has 0 saturated carbocycles. The zero-order chi connectivity index (χ0) is 16.1. The van der Waals surface area contributed by atoms with E-state index in [-0.39, 0.29) is 30.1 Å². The van der Waals surface area contributed by atoms with Crippen molar-refractivity contribution in [2.75, 3.05) is 18.5 Å². The Morgan fingerprint density at radius 1 is 1.43 bits per heavy atom. The van der Waals surface area contributed by atoms with Crippen LogP contribution in [0.3, 0.4) is 0 Å². The SMILES string of the molecule is O=C(Cc1csc(NC(=O)c2ccco2)n1)NCC1CCCO1. The van der Waals surface area contributed by atoms with E-state index in [4.69, 9.17) is 9.15 Å². The molecule has 0 bridgehead atoms. The Morgan fingerprint density at radius 2 is 2.35 bits per heavy atom. The average molecular weight is 335 g/mol. The number of nitrogens with one attached hydrogen (secondary N) is 2. The molecule has 1 aliphatic rings. The summed E-state index contributed by atoms with van der Waals surface area (Å²) in [4.78, 5) is 27.9. The Bertz CT molecular complexity index is 662. The predicted octanol–water partition coefficient (Wildman–Crippen LogP) is 1.83. The lowest BCUT2D eigenvalue weighted by Crippen LogP contribution is -2.32. The largest absolute Gasteiger partial charge is 0.459 e. The number of amides is 2. The Morgan fingerprint density at radius 3 is 3.09 bits per heavy atom. The number of carbonyl (C=O) groups is 2. The quantitative estimate of drug-likeness (QED) is 0.840. The highest BCUT2D eigenvalue weighted by Gasteiger charge is 2.17. The fourth-order valence-electron chi connectivity index (χ4n) is 2.27. The molecule has 1 saturated heterocycles. The van der Waals surface area contributed by atoms with Crippen molar-refractivity contribution < 1.29 is 18.7 Å². The van der Waals surface area contributed by atoms with Crippen molar-refractivity contribution in [2.45, 2.75) is 25.4 Å². The van der Waals surface area contributed by atoms with Gasteiger partial charge >= 0.3 is 0 Å². The van der Waals surface area contributed by atoms with Crippen LogP contribution >= 0.6 is 11.3 Å². The molecule has 1 unspecified atom stereocenters. The molecule has 3 heterocycles. The van der Waals surface area contributed by atoms with Crippen LogP contribution in [0.15, 0.2) is 28.2 Å². The van der Waals surface area contributed by atoms with Crippen LogP contribution < -0.4 is 10.6 Å².